The molecule has 0 spiro atoms. The molecule has 3 aliphatic heterocycles. The summed E-state index contributed by atoms with van der Waals surface area (Å²) in [6.07, 6.45) is 6.91. The average Bonchev–Trinajstić information content (AvgIpc) is 2.67. The van der Waals surface area contributed by atoms with Gasteiger partial charge in [-0.3, -0.25) is 4.79 Å². The number of sulfonamides is 1. The second kappa shape index (κ2) is 6.56. The van der Waals surface area contributed by atoms with E-state index in [4.69, 9.17) is 0 Å². The maximum absolute atomic E-state index is 12.9. The highest BCUT2D eigenvalue weighted by atomic mass is 32.2. The summed E-state index contributed by atoms with van der Waals surface area (Å²) in [7, 11) is -3.51. The van der Waals surface area contributed by atoms with Crippen molar-refractivity contribution in [3.8, 4) is 0 Å². The Morgan fingerprint density at radius 2 is 1.88 bits per heavy atom. The number of amides is 1. The van der Waals surface area contributed by atoms with Crippen LogP contribution in [0.3, 0.4) is 0 Å². The SMILES string of the molecule is O=C(C1=CC=CN2CCS(=O)(=O)N=C12)N1CCN(c2ccccn2)CC1. The molecule has 0 aromatic carbocycles. The predicted molar refractivity (Wildman–Crippen MR) is 98.2 cm³/mol. The molecule has 0 bridgehead atoms. The van der Waals surface area contributed by atoms with E-state index >= 15 is 0 Å². The molecule has 0 aliphatic carbocycles. The number of rotatable bonds is 2. The molecule has 0 radical (unpaired) electrons. The van der Waals surface area contributed by atoms with Crippen molar-refractivity contribution in [3.63, 3.8) is 0 Å². The molecule has 4 heterocycles. The second-order valence-corrected chi connectivity index (χ2v) is 8.04. The molecule has 4 rings (SSSR count). The van der Waals surface area contributed by atoms with E-state index in [9.17, 15) is 13.2 Å². The van der Waals surface area contributed by atoms with Gasteiger partial charge in [-0.15, -0.1) is 4.40 Å². The molecule has 1 amide bonds. The van der Waals surface area contributed by atoms with E-state index < -0.39 is 10.0 Å². The van der Waals surface area contributed by atoms with E-state index in [-0.39, 0.29) is 17.5 Å². The van der Waals surface area contributed by atoms with Gasteiger partial charge in [0.25, 0.3) is 15.9 Å². The van der Waals surface area contributed by atoms with Crippen LogP contribution in [0.2, 0.25) is 0 Å². The fraction of sp³-hybridized carbons (Fsp3) is 0.353. The summed E-state index contributed by atoms with van der Waals surface area (Å²) in [5, 5.41) is 0. The number of fused-ring (bicyclic) bond motifs is 1. The number of amidine groups is 1. The molecule has 8 nitrogen and oxygen atoms in total. The number of hydrogen-bond donors (Lipinski definition) is 0. The highest BCUT2D eigenvalue weighted by molar-refractivity contribution is 7.90. The molecular weight excluding hydrogens is 354 g/mol. The summed E-state index contributed by atoms with van der Waals surface area (Å²) < 4.78 is 27.5. The third kappa shape index (κ3) is 3.22. The van der Waals surface area contributed by atoms with Gasteiger partial charge < -0.3 is 14.7 Å². The molecule has 0 N–H and O–H groups in total. The first-order valence-electron chi connectivity index (χ1n) is 8.47. The monoisotopic (exact) mass is 373 g/mol. The van der Waals surface area contributed by atoms with Gasteiger partial charge in [-0.25, -0.2) is 13.4 Å². The van der Waals surface area contributed by atoms with E-state index in [1.54, 1.807) is 34.3 Å². The van der Waals surface area contributed by atoms with Gasteiger partial charge in [0.1, 0.15) is 5.82 Å². The Kier molecular flexibility index (Phi) is 4.23. The molecule has 3 aliphatic rings. The molecule has 1 aromatic rings. The lowest BCUT2D eigenvalue weighted by Gasteiger charge is -2.37. The third-order valence-electron chi connectivity index (χ3n) is 4.63. The van der Waals surface area contributed by atoms with Crippen LogP contribution in [0.25, 0.3) is 0 Å². The molecule has 0 atom stereocenters. The van der Waals surface area contributed by atoms with Gasteiger partial charge in [-0.05, 0) is 24.3 Å². The first-order valence-corrected chi connectivity index (χ1v) is 10.1. The number of nitrogens with zero attached hydrogens (tertiary/aromatic N) is 5. The number of allylic oxidation sites excluding steroid dienone is 2. The maximum atomic E-state index is 12.9. The lowest BCUT2D eigenvalue weighted by atomic mass is 10.1. The number of hydrogen-bond acceptors (Lipinski definition) is 6. The molecule has 26 heavy (non-hydrogen) atoms. The van der Waals surface area contributed by atoms with Gasteiger partial charge in [0.2, 0.25) is 0 Å². The van der Waals surface area contributed by atoms with Crippen molar-refractivity contribution in [2.45, 2.75) is 0 Å². The van der Waals surface area contributed by atoms with Gasteiger partial charge in [-0.1, -0.05) is 6.07 Å². The lowest BCUT2D eigenvalue weighted by Crippen LogP contribution is -2.51. The zero-order valence-electron chi connectivity index (χ0n) is 14.2. The summed E-state index contributed by atoms with van der Waals surface area (Å²) in [5.41, 5.74) is 0.335. The molecule has 136 valence electrons. The fourth-order valence-corrected chi connectivity index (χ4v) is 4.22. The summed E-state index contributed by atoms with van der Waals surface area (Å²) >= 11 is 0. The number of carbonyl (C=O) groups is 1. The Labute approximate surface area is 152 Å². The molecule has 0 unspecified atom stereocenters. The van der Waals surface area contributed by atoms with Gasteiger partial charge in [0, 0.05) is 45.1 Å². The Morgan fingerprint density at radius 3 is 2.62 bits per heavy atom. The normalized spacial score (nSPS) is 21.8. The summed E-state index contributed by atoms with van der Waals surface area (Å²) in [5.74, 6) is 0.908. The van der Waals surface area contributed by atoms with Crippen LogP contribution in [0.1, 0.15) is 0 Å². The molecular formula is C17H19N5O3S. The molecule has 1 fully saturated rings. The average molecular weight is 373 g/mol. The Hall–Kier alpha value is -2.68. The lowest BCUT2D eigenvalue weighted by molar-refractivity contribution is -0.126. The van der Waals surface area contributed by atoms with Crippen molar-refractivity contribution in [3.05, 3.63) is 48.3 Å². The minimum Gasteiger partial charge on any atom is -0.353 e. The zero-order valence-corrected chi connectivity index (χ0v) is 15.0. The second-order valence-electron chi connectivity index (χ2n) is 6.28. The van der Waals surface area contributed by atoms with Crippen molar-refractivity contribution in [1.82, 2.24) is 14.8 Å². The zero-order chi connectivity index (χ0) is 18.1. The smallest absolute Gasteiger partial charge is 0.257 e. The largest absolute Gasteiger partial charge is 0.353 e. The van der Waals surface area contributed by atoms with Crippen molar-refractivity contribution in [2.24, 2.45) is 4.40 Å². The number of aromatic nitrogens is 1. The van der Waals surface area contributed by atoms with Crippen LogP contribution in [-0.2, 0) is 14.8 Å². The maximum Gasteiger partial charge on any atom is 0.257 e. The van der Waals surface area contributed by atoms with Crippen LogP contribution < -0.4 is 4.90 Å². The molecule has 1 saturated heterocycles. The van der Waals surface area contributed by atoms with E-state index in [0.29, 0.717) is 38.3 Å². The Balaban J connectivity index is 1.49. The van der Waals surface area contributed by atoms with Crippen LogP contribution in [0, 0.1) is 0 Å². The van der Waals surface area contributed by atoms with Crippen LogP contribution in [0.5, 0.6) is 0 Å². The van der Waals surface area contributed by atoms with Crippen LogP contribution in [-0.4, -0.2) is 73.4 Å². The summed E-state index contributed by atoms with van der Waals surface area (Å²) in [4.78, 5) is 22.9. The predicted octanol–water partition coefficient (Wildman–Crippen LogP) is 0.228. The standard InChI is InChI=1S/C17H19N5O3S/c23-17(14-4-3-7-21-12-13-26(24,25)19-16(14)21)22-10-8-20(9-11-22)15-5-1-2-6-18-15/h1-7H,8-13H2. The third-order valence-corrected chi connectivity index (χ3v) is 5.78. The summed E-state index contributed by atoms with van der Waals surface area (Å²) in [6.45, 7) is 2.78. The van der Waals surface area contributed by atoms with E-state index in [2.05, 4.69) is 14.3 Å². The Bertz CT molecular complexity index is 900. The molecule has 0 saturated carbocycles. The van der Waals surface area contributed by atoms with E-state index in [1.807, 2.05) is 18.2 Å². The van der Waals surface area contributed by atoms with Gasteiger partial charge in [-0.2, -0.15) is 0 Å². The van der Waals surface area contributed by atoms with Crippen molar-refractivity contribution in [2.75, 3.05) is 43.4 Å². The Morgan fingerprint density at radius 1 is 1.08 bits per heavy atom. The number of anilines is 1. The van der Waals surface area contributed by atoms with Crippen molar-refractivity contribution in [1.29, 1.82) is 0 Å². The van der Waals surface area contributed by atoms with E-state index in [0.717, 1.165) is 5.82 Å². The minimum atomic E-state index is -3.51. The quantitative estimate of drug-likeness (QED) is 0.738. The summed E-state index contributed by atoms with van der Waals surface area (Å²) in [6, 6.07) is 5.76. The molecule has 9 heteroatoms. The first kappa shape index (κ1) is 16.8. The number of pyridine rings is 1. The van der Waals surface area contributed by atoms with Gasteiger partial charge >= 0.3 is 0 Å². The number of piperazine rings is 1. The number of carbonyl (C=O) groups excluding carboxylic acids is 1. The first-order chi connectivity index (χ1) is 12.5. The highest BCUT2D eigenvalue weighted by Crippen LogP contribution is 2.21. The van der Waals surface area contributed by atoms with E-state index in [1.165, 1.54) is 0 Å². The molecule has 1 aromatic heterocycles. The highest BCUT2D eigenvalue weighted by Gasteiger charge is 2.33. The topological polar surface area (TPSA) is 86.2 Å². The van der Waals surface area contributed by atoms with Gasteiger partial charge in [0.15, 0.2) is 5.84 Å². The van der Waals surface area contributed by atoms with Crippen molar-refractivity contribution < 1.29 is 13.2 Å². The van der Waals surface area contributed by atoms with Crippen LogP contribution in [0.4, 0.5) is 5.82 Å². The van der Waals surface area contributed by atoms with Crippen LogP contribution in [0.15, 0.2) is 52.7 Å². The minimum absolute atomic E-state index is 0.0366. The van der Waals surface area contributed by atoms with Gasteiger partial charge in [0.05, 0.1) is 11.3 Å². The van der Waals surface area contributed by atoms with Crippen molar-refractivity contribution >= 4 is 27.6 Å². The fourth-order valence-electron chi connectivity index (χ4n) is 3.23. The van der Waals surface area contributed by atoms with Crippen LogP contribution >= 0.6 is 0 Å².